The van der Waals surface area contributed by atoms with Gasteiger partial charge in [0.2, 0.25) is 11.8 Å². The lowest BCUT2D eigenvalue weighted by Crippen LogP contribution is -2.50. The number of piperazine rings is 1. The number of methoxy groups -OCH3 is 1. The standard InChI is InChI=1S/C20H27N3O5S/c1-28-18-4-2-3-16(12-18)21-6-8-22(9-7-21)20(25)15-11-19(24)23(13-15)17-5-10-29(26,27)14-17/h2-4,12,15,17H,5-11,13-14H2,1H3/t15-,17+/m0/s1. The van der Waals surface area contributed by atoms with E-state index in [0.29, 0.717) is 26.1 Å². The summed E-state index contributed by atoms with van der Waals surface area (Å²) in [6.45, 7) is 3.01. The maximum atomic E-state index is 13.0. The topological polar surface area (TPSA) is 87.2 Å². The average Bonchev–Trinajstić information content (AvgIpc) is 3.29. The number of hydrogen-bond acceptors (Lipinski definition) is 6. The second kappa shape index (κ2) is 7.85. The summed E-state index contributed by atoms with van der Waals surface area (Å²) in [5, 5.41) is 0. The molecule has 2 atom stereocenters. The Labute approximate surface area is 171 Å². The molecule has 8 nitrogen and oxygen atoms in total. The van der Waals surface area contributed by atoms with Gasteiger partial charge in [-0.25, -0.2) is 8.42 Å². The van der Waals surface area contributed by atoms with Crippen molar-refractivity contribution in [3.8, 4) is 5.75 Å². The van der Waals surface area contributed by atoms with Gasteiger partial charge in [-0.15, -0.1) is 0 Å². The highest BCUT2D eigenvalue weighted by Gasteiger charge is 2.43. The predicted molar refractivity (Wildman–Crippen MR) is 109 cm³/mol. The number of nitrogens with zero attached hydrogens (tertiary/aromatic N) is 3. The maximum absolute atomic E-state index is 13.0. The van der Waals surface area contributed by atoms with E-state index in [-0.39, 0.29) is 41.7 Å². The van der Waals surface area contributed by atoms with Crippen molar-refractivity contribution in [1.82, 2.24) is 9.80 Å². The Bertz CT molecular complexity index is 895. The van der Waals surface area contributed by atoms with Crippen molar-refractivity contribution in [2.45, 2.75) is 18.9 Å². The Morgan fingerprint density at radius 1 is 1.17 bits per heavy atom. The first kappa shape index (κ1) is 20.0. The van der Waals surface area contributed by atoms with E-state index < -0.39 is 9.84 Å². The molecule has 158 valence electrons. The summed E-state index contributed by atoms with van der Waals surface area (Å²) in [6, 6.07) is 7.61. The van der Waals surface area contributed by atoms with Gasteiger partial charge in [-0.05, 0) is 18.6 Å². The van der Waals surface area contributed by atoms with Crippen LogP contribution in [0.2, 0.25) is 0 Å². The third-order valence-corrected chi connectivity index (χ3v) is 7.92. The number of rotatable bonds is 4. The van der Waals surface area contributed by atoms with Crippen LogP contribution in [-0.2, 0) is 19.4 Å². The van der Waals surface area contributed by atoms with Crippen molar-refractivity contribution >= 4 is 27.3 Å². The summed E-state index contributed by atoms with van der Waals surface area (Å²) in [5.74, 6) is 0.506. The van der Waals surface area contributed by atoms with Gasteiger partial charge >= 0.3 is 0 Å². The molecule has 0 N–H and O–H groups in total. The van der Waals surface area contributed by atoms with E-state index >= 15 is 0 Å². The van der Waals surface area contributed by atoms with Gasteiger partial charge in [0, 0.05) is 56.9 Å². The van der Waals surface area contributed by atoms with Crippen LogP contribution >= 0.6 is 0 Å². The van der Waals surface area contributed by atoms with Gasteiger partial charge in [-0.1, -0.05) is 6.07 Å². The van der Waals surface area contributed by atoms with Crippen LogP contribution in [0.4, 0.5) is 5.69 Å². The van der Waals surface area contributed by atoms with Crippen molar-refractivity contribution in [1.29, 1.82) is 0 Å². The van der Waals surface area contributed by atoms with Crippen LogP contribution in [0.3, 0.4) is 0 Å². The Morgan fingerprint density at radius 2 is 1.93 bits per heavy atom. The van der Waals surface area contributed by atoms with Crippen molar-refractivity contribution in [3.63, 3.8) is 0 Å². The smallest absolute Gasteiger partial charge is 0.228 e. The van der Waals surface area contributed by atoms with Crippen LogP contribution in [0.1, 0.15) is 12.8 Å². The predicted octanol–water partition coefficient (Wildman–Crippen LogP) is 0.379. The molecule has 1 aromatic carbocycles. The molecule has 3 aliphatic rings. The number of carbonyl (C=O) groups excluding carboxylic acids is 2. The minimum absolute atomic E-state index is 0.00648. The molecule has 3 fully saturated rings. The molecule has 3 aliphatic heterocycles. The monoisotopic (exact) mass is 421 g/mol. The molecule has 0 radical (unpaired) electrons. The molecule has 0 spiro atoms. The summed E-state index contributed by atoms with van der Waals surface area (Å²) >= 11 is 0. The highest BCUT2D eigenvalue weighted by molar-refractivity contribution is 7.91. The summed E-state index contributed by atoms with van der Waals surface area (Å²) in [5.41, 5.74) is 1.07. The Hall–Kier alpha value is -2.29. The molecular weight excluding hydrogens is 394 g/mol. The number of ether oxygens (including phenoxy) is 1. The average molecular weight is 422 g/mol. The van der Waals surface area contributed by atoms with Crippen molar-refractivity contribution in [3.05, 3.63) is 24.3 Å². The molecule has 0 unspecified atom stereocenters. The molecule has 1 aromatic rings. The molecule has 29 heavy (non-hydrogen) atoms. The molecule has 0 aromatic heterocycles. The first-order valence-corrected chi connectivity index (χ1v) is 11.9. The normalized spacial score (nSPS) is 26.8. The largest absolute Gasteiger partial charge is 0.497 e. The molecule has 0 aliphatic carbocycles. The summed E-state index contributed by atoms with van der Waals surface area (Å²) in [4.78, 5) is 31.1. The lowest BCUT2D eigenvalue weighted by atomic mass is 10.1. The SMILES string of the molecule is COc1cccc(N2CCN(C(=O)[C@H]3CC(=O)N([C@@H]4CCS(=O)(=O)C4)C3)CC2)c1. The van der Waals surface area contributed by atoms with Gasteiger partial charge in [0.15, 0.2) is 9.84 Å². The second-order valence-electron chi connectivity index (χ2n) is 8.02. The first-order chi connectivity index (χ1) is 13.9. The van der Waals surface area contributed by atoms with Crippen molar-refractivity contribution < 1.29 is 22.7 Å². The van der Waals surface area contributed by atoms with Gasteiger partial charge < -0.3 is 19.4 Å². The van der Waals surface area contributed by atoms with Crippen LogP contribution in [-0.4, -0.2) is 87.4 Å². The summed E-state index contributed by atoms with van der Waals surface area (Å²) < 4.78 is 28.7. The van der Waals surface area contributed by atoms with Gasteiger partial charge in [0.25, 0.3) is 0 Å². The van der Waals surface area contributed by atoms with Crippen molar-refractivity contribution in [2.75, 3.05) is 56.2 Å². The Morgan fingerprint density at radius 3 is 2.59 bits per heavy atom. The highest BCUT2D eigenvalue weighted by Crippen LogP contribution is 2.28. The van der Waals surface area contributed by atoms with E-state index in [4.69, 9.17) is 4.74 Å². The van der Waals surface area contributed by atoms with E-state index in [9.17, 15) is 18.0 Å². The van der Waals surface area contributed by atoms with E-state index in [1.807, 2.05) is 29.2 Å². The van der Waals surface area contributed by atoms with Gasteiger partial charge in [-0.3, -0.25) is 9.59 Å². The number of carbonyl (C=O) groups is 2. The second-order valence-corrected chi connectivity index (χ2v) is 10.2. The minimum Gasteiger partial charge on any atom is -0.497 e. The number of likely N-dealkylation sites (tertiary alicyclic amines) is 1. The van der Waals surface area contributed by atoms with E-state index in [2.05, 4.69) is 4.90 Å². The fourth-order valence-corrected chi connectivity index (χ4v) is 6.25. The number of hydrogen-bond donors (Lipinski definition) is 0. The zero-order valence-corrected chi connectivity index (χ0v) is 17.4. The molecular formula is C20H27N3O5S. The number of anilines is 1. The van der Waals surface area contributed by atoms with Crippen molar-refractivity contribution in [2.24, 2.45) is 5.92 Å². The Kier molecular flexibility index (Phi) is 5.42. The number of benzene rings is 1. The number of sulfone groups is 1. The number of amides is 2. The lowest BCUT2D eigenvalue weighted by Gasteiger charge is -2.37. The molecule has 4 rings (SSSR count). The van der Waals surface area contributed by atoms with E-state index in [0.717, 1.165) is 24.5 Å². The molecule has 3 heterocycles. The van der Waals surface area contributed by atoms with Gasteiger partial charge in [0.05, 0.1) is 24.5 Å². The Balaban J connectivity index is 1.33. The van der Waals surface area contributed by atoms with Crippen LogP contribution in [0, 0.1) is 5.92 Å². The molecule has 2 amide bonds. The molecule has 3 saturated heterocycles. The van der Waals surface area contributed by atoms with Crippen LogP contribution in [0.5, 0.6) is 5.75 Å². The van der Waals surface area contributed by atoms with Gasteiger partial charge in [0.1, 0.15) is 5.75 Å². The third-order valence-electron chi connectivity index (χ3n) is 6.17. The fourth-order valence-electron chi connectivity index (χ4n) is 4.52. The quantitative estimate of drug-likeness (QED) is 0.699. The fraction of sp³-hybridized carbons (Fsp3) is 0.600. The third kappa shape index (κ3) is 4.19. The molecule has 0 saturated carbocycles. The molecule has 9 heteroatoms. The molecule has 0 bridgehead atoms. The lowest BCUT2D eigenvalue weighted by molar-refractivity contribution is -0.136. The van der Waals surface area contributed by atoms with E-state index in [1.165, 1.54) is 0 Å². The first-order valence-electron chi connectivity index (χ1n) is 10.0. The van der Waals surface area contributed by atoms with Crippen LogP contribution in [0.15, 0.2) is 24.3 Å². The zero-order valence-electron chi connectivity index (χ0n) is 16.6. The van der Waals surface area contributed by atoms with Crippen LogP contribution in [0.25, 0.3) is 0 Å². The van der Waals surface area contributed by atoms with E-state index in [1.54, 1.807) is 12.0 Å². The summed E-state index contributed by atoms with van der Waals surface area (Å²) in [6.07, 6.45) is 0.666. The zero-order chi connectivity index (χ0) is 20.6. The van der Waals surface area contributed by atoms with Gasteiger partial charge in [-0.2, -0.15) is 0 Å². The maximum Gasteiger partial charge on any atom is 0.228 e. The summed E-state index contributed by atoms with van der Waals surface area (Å²) in [7, 11) is -1.41. The van der Waals surface area contributed by atoms with Crippen LogP contribution < -0.4 is 9.64 Å². The highest BCUT2D eigenvalue weighted by atomic mass is 32.2. The minimum atomic E-state index is -3.06.